The van der Waals surface area contributed by atoms with Crippen LogP contribution in [0.2, 0.25) is 0 Å². The summed E-state index contributed by atoms with van der Waals surface area (Å²) in [6, 6.07) is -0.342. The fraction of sp³-hybridized carbons (Fsp3) is 0.800. The van der Waals surface area contributed by atoms with Gasteiger partial charge in [0.1, 0.15) is 6.54 Å². The van der Waals surface area contributed by atoms with Gasteiger partial charge in [-0.2, -0.15) is 0 Å². The molecule has 1 unspecified atom stereocenters. The second-order valence-corrected chi connectivity index (χ2v) is 4.23. The Kier molecular flexibility index (Phi) is 4.12. The first-order valence-corrected chi connectivity index (χ1v) is 5.26. The normalized spacial score (nSPS) is 25.2. The highest BCUT2D eigenvalue weighted by Gasteiger charge is 2.32. The summed E-state index contributed by atoms with van der Waals surface area (Å²) < 4.78 is 5.35. The van der Waals surface area contributed by atoms with Crippen LogP contribution in [0.5, 0.6) is 0 Å². The Hall–Kier alpha value is -1.30. The summed E-state index contributed by atoms with van der Waals surface area (Å²) in [5, 5.41) is 10.8. The molecule has 1 atom stereocenters. The van der Waals surface area contributed by atoms with E-state index >= 15 is 0 Å². The predicted octanol–water partition coefficient (Wildman–Crippen LogP) is 0.281. The molecule has 0 aromatic heterocycles. The van der Waals surface area contributed by atoms with Gasteiger partial charge >= 0.3 is 12.0 Å². The minimum absolute atomic E-state index is 0.321. The average molecular weight is 230 g/mol. The summed E-state index contributed by atoms with van der Waals surface area (Å²) in [6.45, 7) is 2.74. The number of nitrogens with zero attached hydrogens (tertiary/aromatic N) is 1. The summed E-state index contributed by atoms with van der Waals surface area (Å²) in [5.41, 5.74) is -0.321. The fourth-order valence-electron chi connectivity index (χ4n) is 1.81. The minimum atomic E-state index is -1.04. The summed E-state index contributed by atoms with van der Waals surface area (Å²) >= 11 is 0. The van der Waals surface area contributed by atoms with Crippen molar-refractivity contribution in [3.8, 4) is 0 Å². The van der Waals surface area contributed by atoms with Gasteiger partial charge in [-0.05, 0) is 19.8 Å². The maximum atomic E-state index is 11.6. The molecule has 1 rings (SSSR count). The lowest BCUT2D eigenvalue weighted by atomic mass is 9.95. The highest BCUT2D eigenvalue weighted by molar-refractivity contribution is 5.80. The maximum absolute atomic E-state index is 11.6. The molecule has 2 amide bonds. The third-order valence-electron chi connectivity index (χ3n) is 2.83. The topological polar surface area (TPSA) is 78.9 Å². The summed E-state index contributed by atoms with van der Waals surface area (Å²) in [6.07, 6.45) is 1.77. The molecule has 16 heavy (non-hydrogen) atoms. The number of carbonyl (C=O) groups is 2. The summed E-state index contributed by atoms with van der Waals surface area (Å²) in [4.78, 5) is 23.5. The van der Waals surface area contributed by atoms with E-state index in [1.54, 1.807) is 12.0 Å². The largest absolute Gasteiger partial charge is 0.480 e. The van der Waals surface area contributed by atoms with Crippen molar-refractivity contribution in [2.75, 3.05) is 26.7 Å². The molecule has 1 aliphatic heterocycles. The van der Waals surface area contributed by atoms with Crippen LogP contribution in [0.25, 0.3) is 0 Å². The smallest absolute Gasteiger partial charge is 0.323 e. The van der Waals surface area contributed by atoms with Crippen molar-refractivity contribution in [3.63, 3.8) is 0 Å². The summed E-state index contributed by atoms with van der Waals surface area (Å²) in [5.74, 6) is -1.04. The number of carboxylic acids is 1. The van der Waals surface area contributed by atoms with Crippen molar-refractivity contribution >= 4 is 12.0 Å². The van der Waals surface area contributed by atoms with Gasteiger partial charge in [-0.3, -0.25) is 4.79 Å². The number of hydrogen-bond donors (Lipinski definition) is 2. The van der Waals surface area contributed by atoms with Crippen molar-refractivity contribution in [2.24, 2.45) is 0 Å². The second kappa shape index (κ2) is 5.16. The molecule has 1 saturated heterocycles. The van der Waals surface area contributed by atoms with E-state index < -0.39 is 5.97 Å². The highest BCUT2D eigenvalue weighted by atomic mass is 16.5. The number of urea groups is 1. The third kappa shape index (κ3) is 3.37. The summed E-state index contributed by atoms with van der Waals surface area (Å²) in [7, 11) is 1.62. The van der Waals surface area contributed by atoms with Gasteiger partial charge in [0.05, 0.1) is 12.1 Å². The van der Waals surface area contributed by atoms with Gasteiger partial charge < -0.3 is 20.1 Å². The first kappa shape index (κ1) is 12.8. The monoisotopic (exact) mass is 230 g/mol. The Bertz CT molecular complexity index is 282. The maximum Gasteiger partial charge on any atom is 0.323 e. The standard InChI is InChI=1S/C10H18N2O4/c1-10(16-2)4-3-5-12(7-10)9(15)11-6-8(13)14/h3-7H2,1-2H3,(H,11,15)(H,13,14). The zero-order chi connectivity index (χ0) is 12.2. The Labute approximate surface area is 94.6 Å². The van der Waals surface area contributed by atoms with E-state index in [2.05, 4.69) is 5.32 Å². The zero-order valence-electron chi connectivity index (χ0n) is 9.65. The van der Waals surface area contributed by atoms with Crippen LogP contribution in [0.3, 0.4) is 0 Å². The number of methoxy groups -OCH3 is 1. The molecule has 0 aromatic carbocycles. The van der Waals surface area contributed by atoms with E-state index in [1.165, 1.54) is 0 Å². The van der Waals surface area contributed by atoms with Crippen LogP contribution in [-0.4, -0.2) is 54.4 Å². The molecule has 1 fully saturated rings. The van der Waals surface area contributed by atoms with Crippen molar-refractivity contribution in [3.05, 3.63) is 0 Å². The van der Waals surface area contributed by atoms with Crippen LogP contribution in [0.15, 0.2) is 0 Å². The number of carboxylic acid groups (broad SMARTS) is 1. The molecule has 6 heteroatoms. The van der Waals surface area contributed by atoms with Gasteiger partial charge in [0.25, 0.3) is 0 Å². The molecule has 6 nitrogen and oxygen atoms in total. The van der Waals surface area contributed by atoms with Crippen LogP contribution >= 0.6 is 0 Å². The van der Waals surface area contributed by atoms with E-state index in [0.29, 0.717) is 13.1 Å². The minimum Gasteiger partial charge on any atom is -0.480 e. The SMILES string of the molecule is COC1(C)CCCN(C(=O)NCC(=O)O)C1. The highest BCUT2D eigenvalue weighted by Crippen LogP contribution is 2.23. The number of amides is 2. The first-order valence-electron chi connectivity index (χ1n) is 5.26. The van der Waals surface area contributed by atoms with Gasteiger partial charge in [-0.1, -0.05) is 0 Å². The first-order chi connectivity index (χ1) is 7.47. The van der Waals surface area contributed by atoms with Crippen molar-refractivity contribution in [1.82, 2.24) is 10.2 Å². The molecule has 0 spiro atoms. The molecule has 1 aliphatic rings. The number of aliphatic carboxylic acids is 1. The average Bonchev–Trinajstić information content (AvgIpc) is 2.26. The number of piperidine rings is 1. The Morgan fingerprint density at radius 1 is 1.56 bits per heavy atom. The lowest BCUT2D eigenvalue weighted by Gasteiger charge is -2.39. The molecular formula is C10H18N2O4. The molecule has 92 valence electrons. The Morgan fingerprint density at radius 2 is 2.25 bits per heavy atom. The van der Waals surface area contributed by atoms with Crippen LogP contribution in [-0.2, 0) is 9.53 Å². The van der Waals surface area contributed by atoms with Crippen LogP contribution in [0.4, 0.5) is 4.79 Å². The van der Waals surface area contributed by atoms with Crippen LogP contribution < -0.4 is 5.32 Å². The van der Waals surface area contributed by atoms with E-state index in [4.69, 9.17) is 9.84 Å². The molecule has 0 radical (unpaired) electrons. The van der Waals surface area contributed by atoms with Crippen LogP contribution in [0, 0.1) is 0 Å². The number of hydrogen-bond acceptors (Lipinski definition) is 3. The van der Waals surface area contributed by atoms with Crippen molar-refractivity contribution in [2.45, 2.75) is 25.4 Å². The fourth-order valence-corrected chi connectivity index (χ4v) is 1.81. The third-order valence-corrected chi connectivity index (χ3v) is 2.83. The number of nitrogens with one attached hydrogen (secondary N) is 1. The number of rotatable bonds is 3. The van der Waals surface area contributed by atoms with E-state index in [0.717, 1.165) is 12.8 Å². The van der Waals surface area contributed by atoms with E-state index in [-0.39, 0.29) is 18.2 Å². The lowest BCUT2D eigenvalue weighted by Crippen LogP contribution is -2.53. The lowest BCUT2D eigenvalue weighted by molar-refractivity contribution is -0.135. The number of likely N-dealkylation sites (tertiary alicyclic amines) is 1. The van der Waals surface area contributed by atoms with Crippen LogP contribution in [0.1, 0.15) is 19.8 Å². The van der Waals surface area contributed by atoms with E-state index in [9.17, 15) is 9.59 Å². The van der Waals surface area contributed by atoms with Gasteiger partial charge in [0.2, 0.25) is 0 Å². The molecule has 0 bridgehead atoms. The molecule has 0 aromatic rings. The quantitative estimate of drug-likeness (QED) is 0.730. The Morgan fingerprint density at radius 3 is 2.81 bits per heavy atom. The molecule has 1 heterocycles. The number of ether oxygens (including phenoxy) is 1. The molecule has 2 N–H and O–H groups in total. The molecule has 0 saturated carbocycles. The van der Waals surface area contributed by atoms with Crippen molar-refractivity contribution in [1.29, 1.82) is 0 Å². The second-order valence-electron chi connectivity index (χ2n) is 4.23. The van der Waals surface area contributed by atoms with Gasteiger partial charge in [-0.25, -0.2) is 4.79 Å². The van der Waals surface area contributed by atoms with Gasteiger partial charge in [-0.15, -0.1) is 0 Å². The predicted molar refractivity (Wildman–Crippen MR) is 57.3 cm³/mol. The zero-order valence-corrected chi connectivity index (χ0v) is 9.65. The Balaban J connectivity index is 2.47. The molecular weight excluding hydrogens is 212 g/mol. The molecule has 0 aliphatic carbocycles. The number of carbonyl (C=O) groups excluding carboxylic acids is 1. The van der Waals surface area contributed by atoms with Gasteiger partial charge in [0.15, 0.2) is 0 Å². The van der Waals surface area contributed by atoms with E-state index in [1.807, 2.05) is 6.92 Å². The van der Waals surface area contributed by atoms with Crippen molar-refractivity contribution < 1.29 is 19.4 Å². The van der Waals surface area contributed by atoms with Gasteiger partial charge in [0, 0.05) is 13.7 Å².